The zero-order valence-corrected chi connectivity index (χ0v) is 8.62. The number of nitrogens with one attached hydrogen (secondary N) is 1. The average molecular weight is 209 g/mol. The third-order valence-electron chi connectivity index (χ3n) is 1.74. The van der Waals surface area contributed by atoms with Crippen LogP contribution in [-0.2, 0) is 0 Å². The van der Waals surface area contributed by atoms with Crippen molar-refractivity contribution < 1.29 is 9.18 Å². The summed E-state index contributed by atoms with van der Waals surface area (Å²) in [5.74, 6) is -0.665. The number of carbonyl (C=O) groups is 1. The molecule has 1 aromatic carbocycles. The highest BCUT2D eigenvalue weighted by Crippen LogP contribution is 2.17. The van der Waals surface area contributed by atoms with Gasteiger partial charge in [0.25, 0.3) is 0 Å². The summed E-state index contributed by atoms with van der Waals surface area (Å²) >= 11 is 0. The predicted octanol–water partition coefficient (Wildman–Crippen LogP) is 2.83. The molecule has 1 aromatic rings. The van der Waals surface area contributed by atoms with Crippen molar-refractivity contribution in [1.29, 1.82) is 0 Å². The van der Waals surface area contributed by atoms with Gasteiger partial charge in [0.1, 0.15) is 5.82 Å². The molecule has 1 rings (SSSR count). The molecule has 0 saturated carbocycles. The molecule has 0 unspecified atom stereocenters. The van der Waals surface area contributed by atoms with Crippen molar-refractivity contribution in [1.82, 2.24) is 0 Å². The maximum absolute atomic E-state index is 12.9. The molecule has 5 heteroatoms. The summed E-state index contributed by atoms with van der Waals surface area (Å²) in [6.07, 6.45) is 0. The third kappa shape index (κ3) is 3.12. The number of carbonyl (C=O) groups excluding carboxylic acids is 1. The number of hydrogen-bond donors (Lipinski definition) is 1. The zero-order chi connectivity index (χ0) is 11.3. The van der Waals surface area contributed by atoms with Crippen LogP contribution in [0.25, 0.3) is 0 Å². The molecule has 0 spiro atoms. The van der Waals surface area contributed by atoms with E-state index in [4.69, 9.17) is 0 Å². The first-order valence-electron chi connectivity index (χ1n) is 4.58. The van der Waals surface area contributed by atoms with E-state index in [1.165, 1.54) is 25.1 Å². The van der Waals surface area contributed by atoms with Gasteiger partial charge >= 0.3 is 0 Å². The van der Waals surface area contributed by atoms with E-state index in [1.807, 2.05) is 6.92 Å². The van der Waals surface area contributed by atoms with Gasteiger partial charge in [-0.3, -0.25) is 10.2 Å². The molecule has 0 aliphatic rings. The quantitative estimate of drug-likeness (QED) is 0.471. The van der Waals surface area contributed by atoms with Crippen LogP contribution in [-0.4, -0.2) is 12.3 Å². The first-order chi connectivity index (χ1) is 7.15. The van der Waals surface area contributed by atoms with Crippen LogP contribution < -0.4 is 5.43 Å². The smallest absolute Gasteiger partial charge is 0.162 e. The largest absolute Gasteiger partial charge is 0.294 e. The Balaban J connectivity index is 2.95. The van der Waals surface area contributed by atoms with Crippen LogP contribution in [0.3, 0.4) is 0 Å². The van der Waals surface area contributed by atoms with Crippen molar-refractivity contribution in [3.05, 3.63) is 29.6 Å². The summed E-state index contributed by atoms with van der Waals surface area (Å²) in [7, 11) is 0. The van der Waals surface area contributed by atoms with Crippen molar-refractivity contribution in [3.8, 4) is 0 Å². The minimum atomic E-state index is -0.446. The third-order valence-corrected chi connectivity index (χ3v) is 1.74. The molecule has 0 saturated heterocycles. The van der Waals surface area contributed by atoms with E-state index in [2.05, 4.69) is 15.8 Å². The van der Waals surface area contributed by atoms with Gasteiger partial charge in [0.05, 0.1) is 12.2 Å². The molecule has 0 aliphatic heterocycles. The fraction of sp³-hybridized carbons (Fsp3) is 0.300. The van der Waals surface area contributed by atoms with E-state index in [0.29, 0.717) is 12.2 Å². The van der Waals surface area contributed by atoms with E-state index >= 15 is 0 Å². The summed E-state index contributed by atoms with van der Waals surface area (Å²) in [6, 6.07) is 3.89. The minimum Gasteiger partial charge on any atom is -0.294 e. The Morgan fingerprint density at radius 1 is 1.53 bits per heavy atom. The summed E-state index contributed by atoms with van der Waals surface area (Å²) in [5.41, 5.74) is 3.32. The highest BCUT2D eigenvalue weighted by molar-refractivity contribution is 5.99. The standard InChI is InChI=1S/C10H12FN3O/c1-3-12-14-13-10-5-4-8(11)6-9(10)7(2)15/h4-6H,3H2,1-2H3,(H,12,13). The Morgan fingerprint density at radius 2 is 2.27 bits per heavy atom. The van der Waals surface area contributed by atoms with Crippen LogP contribution in [0.4, 0.5) is 10.1 Å². The van der Waals surface area contributed by atoms with Crippen LogP contribution in [0, 0.1) is 5.82 Å². The van der Waals surface area contributed by atoms with E-state index in [1.54, 1.807) is 0 Å². The van der Waals surface area contributed by atoms with Crippen LogP contribution in [0.1, 0.15) is 24.2 Å². The molecule has 0 fully saturated rings. The molecular weight excluding hydrogens is 197 g/mol. The van der Waals surface area contributed by atoms with E-state index in [0.717, 1.165) is 0 Å². The first kappa shape index (κ1) is 11.3. The van der Waals surface area contributed by atoms with Crippen molar-refractivity contribution >= 4 is 11.5 Å². The molecular formula is C10H12FN3O. The van der Waals surface area contributed by atoms with Gasteiger partial charge in [-0.15, -0.1) is 0 Å². The number of nitrogens with zero attached hydrogens (tertiary/aromatic N) is 2. The number of halogens is 1. The average Bonchev–Trinajstić information content (AvgIpc) is 2.20. The molecule has 15 heavy (non-hydrogen) atoms. The van der Waals surface area contributed by atoms with Gasteiger partial charge in [-0.1, -0.05) is 5.22 Å². The normalized spacial score (nSPS) is 10.6. The molecule has 80 valence electrons. The second kappa shape index (κ2) is 5.19. The number of hydrogen-bond acceptors (Lipinski definition) is 3. The Labute approximate surface area is 87.2 Å². The highest BCUT2D eigenvalue weighted by atomic mass is 19.1. The lowest BCUT2D eigenvalue weighted by atomic mass is 10.1. The molecule has 0 aromatic heterocycles. The molecule has 1 N–H and O–H groups in total. The molecule has 0 atom stereocenters. The van der Waals surface area contributed by atoms with Gasteiger partial charge in [-0.2, -0.15) is 5.11 Å². The van der Waals surface area contributed by atoms with E-state index in [-0.39, 0.29) is 11.3 Å². The molecule has 0 bridgehead atoms. The van der Waals surface area contributed by atoms with Crippen LogP contribution >= 0.6 is 0 Å². The minimum absolute atomic E-state index is 0.219. The second-order valence-corrected chi connectivity index (χ2v) is 2.92. The fourth-order valence-electron chi connectivity index (χ4n) is 1.07. The first-order valence-corrected chi connectivity index (χ1v) is 4.58. The maximum atomic E-state index is 12.9. The number of ketones is 1. The maximum Gasteiger partial charge on any atom is 0.162 e. The number of benzene rings is 1. The van der Waals surface area contributed by atoms with E-state index in [9.17, 15) is 9.18 Å². The van der Waals surface area contributed by atoms with Crippen LogP contribution in [0.2, 0.25) is 0 Å². The summed E-state index contributed by atoms with van der Waals surface area (Å²) in [4.78, 5) is 11.2. The number of anilines is 1. The van der Waals surface area contributed by atoms with Crippen LogP contribution in [0.15, 0.2) is 28.5 Å². The van der Waals surface area contributed by atoms with Gasteiger partial charge < -0.3 is 0 Å². The van der Waals surface area contributed by atoms with Gasteiger partial charge in [-0.05, 0) is 32.0 Å². The summed E-state index contributed by atoms with van der Waals surface area (Å²) in [6.45, 7) is 3.75. The van der Waals surface area contributed by atoms with Gasteiger partial charge in [-0.25, -0.2) is 4.39 Å². The molecule has 0 amide bonds. The summed E-state index contributed by atoms with van der Waals surface area (Å²) in [5, 5.41) is 7.33. The molecule has 0 heterocycles. The Bertz CT molecular complexity index is 390. The van der Waals surface area contributed by atoms with Crippen molar-refractivity contribution in [2.45, 2.75) is 13.8 Å². The van der Waals surface area contributed by atoms with Crippen LogP contribution in [0.5, 0.6) is 0 Å². The SMILES string of the molecule is CCN=NNc1ccc(F)cc1C(C)=O. The second-order valence-electron chi connectivity index (χ2n) is 2.92. The lowest BCUT2D eigenvalue weighted by Gasteiger charge is -2.04. The zero-order valence-electron chi connectivity index (χ0n) is 8.62. The fourth-order valence-corrected chi connectivity index (χ4v) is 1.07. The topological polar surface area (TPSA) is 53.8 Å². The lowest BCUT2D eigenvalue weighted by Crippen LogP contribution is -2.00. The predicted molar refractivity (Wildman–Crippen MR) is 55.4 cm³/mol. The van der Waals surface area contributed by atoms with Crippen molar-refractivity contribution in [2.24, 2.45) is 10.3 Å². The van der Waals surface area contributed by atoms with Gasteiger partial charge in [0.2, 0.25) is 0 Å². The van der Waals surface area contributed by atoms with Crippen molar-refractivity contribution in [2.75, 3.05) is 12.0 Å². The van der Waals surface area contributed by atoms with Crippen molar-refractivity contribution in [3.63, 3.8) is 0 Å². The lowest BCUT2D eigenvalue weighted by molar-refractivity contribution is 0.101. The number of rotatable bonds is 4. The monoisotopic (exact) mass is 209 g/mol. The van der Waals surface area contributed by atoms with E-state index < -0.39 is 5.82 Å². The molecule has 4 nitrogen and oxygen atoms in total. The number of Topliss-reactive ketones (excluding diaryl/α,β-unsaturated/α-hetero) is 1. The Kier molecular flexibility index (Phi) is 3.91. The molecule has 0 radical (unpaired) electrons. The Morgan fingerprint density at radius 3 is 2.87 bits per heavy atom. The molecule has 0 aliphatic carbocycles. The Hall–Kier alpha value is -1.78. The summed E-state index contributed by atoms with van der Waals surface area (Å²) < 4.78 is 12.9. The van der Waals surface area contributed by atoms with Gasteiger partial charge in [0.15, 0.2) is 5.78 Å². The highest BCUT2D eigenvalue weighted by Gasteiger charge is 2.07. The van der Waals surface area contributed by atoms with Gasteiger partial charge in [0, 0.05) is 5.56 Å².